The van der Waals surface area contributed by atoms with Crippen LogP contribution >= 0.6 is 11.8 Å². The van der Waals surface area contributed by atoms with E-state index in [1.807, 2.05) is 55.5 Å². The van der Waals surface area contributed by atoms with Gasteiger partial charge < -0.3 is 10.1 Å². The number of methoxy groups -OCH3 is 1. The summed E-state index contributed by atoms with van der Waals surface area (Å²) in [5.74, 6) is 1.35. The number of nitrogens with one attached hydrogen (secondary N) is 1. The zero-order chi connectivity index (χ0) is 23.7. The summed E-state index contributed by atoms with van der Waals surface area (Å²) in [6, 6.07) is 15.5. The molecule has 3 heterocycles. The second-order valence-corrected chi connectivity index (χ2v) is 9.31. The summed E-state index contributed by atoms with van der Waals surface area (Å²) in [7, 11) is 1.64. The summed E-state index contributed by atoms with van der Waals surface area (Å²) < 4.78 is 8.58. The van der Waals surface area contributed by atoms with Gasteiger partial charge >= 0.3 is 0 Å². The van der Waals surface area contributed by atoms with E-state index in [1.54, 1.807) is 22.6 Å². The van der Waals surface area contributed by atoms with Crippen molar-refractivity contribution in [2.24, 2.45) is 0 Å². The Balaban J connectivity index is 1.30. The molecule has 4 aromatic rings. The Labute approximate surface area is 201 Å². The van der Waals surface area contributed by atoms with Crippen molar-refractivity contribution in [3.63, 3.8) is 0 Å². The molecule has 0 bridgehead atoms. The zero-order valence-electron chi connectivity index (χ0n) is 19.0. The van der Waals surface area contributed by atoms with Crippen LogP contribution in [-0.2, 0) is 11.2 Å². The van der Waals surface area contributed by atoms with E-state index in [9.17, 15) is 9.59 Å². The molecule has 0 aliphatic carbocycles. The number of carbonyl (C=O) groups excluding carboxylic acids is 1. The van der Waals surface area contributed by atoms with Crippen LogP contribution in [-0.4, -0.2) is 44.6 Å². The molecule has 0 saturated carbocycles. The lowest BCUT2D eigenvalue weighted by Gasteiger charge is -2.13. The van der Waals surface area contributed by atoms with Crippen LogP contribution in [0.2, 0.25) is 0 Å². The fraction of sp³-hybridized carbons (Fsp3) is 0.280. The molecule has 1 atom stereocenters. The first-order valence-electron chi connectivity index (χ1n) is 11.1. The van der Waals surface area contributed by atoms with Gasteiger partial charge in [-0.3, -0.25) is 14.2 Å². The third-order valence-corrected chi connectivity index (χ3v) is 7.04. The van der Waals surface area contributed by atoms with Crippen LogP contribution in [0.3, 0.4) is 0 Å². The van der Waals surface area contributed by atoms with Crippen LogP contribution in [0.15, 0.2) is 64.7 Å². The molecule has 0 fully saturated rings. The molecule has 8 nitrogen and oxygen atoms in total. The maximum Gasteiger partial charge on any atom is 0.265 e. The first kappa shape index (κ1) is 22.2. The Morgan fingerprint density at radius 3 is 2.85 bits per heavy atom. The van der Waals surface area contributed by atoms with Crippen LogP contribution < -0.4 is 15.6 Å². The number of fused-ring (bicyclic) bond motifs is 2. The molecule has 1 amide bonds. The van der Waals surface area contributed by atoms with Gasteiger partial charge in [0.15, 0.2) is 10.8 Å². The molecule has 5 rings (SSSR count). The highest BCUT2D eigenvalue weighted by Crippen LogP contribution is 2.33. The summed E-state index contributed by atoms with van der Waals surface area (Å²) in [4.78, 5) is 30.6. The number of benzene rings is 2. The highest BCUT2D eigenvalue weighted by atomic mass is 32.2. The van der Waals surface area contributed by atoms with E-state index in [0.29, 0.717) is 34.9 Å². The Kier molecular flexibility index (Phi) is 6.10. The number of amides is 1. The van der Waals surface area contributed by atoms with Gasteiger partial charge in [-0.05, 0) is 43.2 Å². The molecule has 0 radical (unpaired) electrons. The Morgan fingerprint density at radius 1 is 1.24 bits per heavy atom. The number of ether oxygens (including phenoxy) is 1. The largest absolute Gasteiger partial charge is 0.497 e. The summed E-state index contributed by atoms with van der Waals surface area (Å²) in [6.45, 7) is 2.54. The summed E-state index contributed by atoms with van der Waals surface area (Å²) >= 11 is 1.50. The van der Waals surface area contributed by atoms with Gasteiger partial charge in [0.25, 0.3) is 5.56 Å². The number of hydrogen-bond donors (Lipinski definition) is 1. The monoisotopic (exact) mass is 475 g/mol. The van der Waals surface area contributed by atoms with E-state index in [0.717, 1.165) is 22.6 Å². The maximum atomic E-state index is 13.3. The molecule has 1 aliphatic rings. The third-order valence-electron chi connectivity index (χ3n) is 5.94. The summed E-state index contributed by atoms with van der Waals surface area (Å²) in [5.41, 5.74) is 3.48. The van der Waals surface area contributed by atoms with E-state index in [-0.39, 0.29) is 23.9 Å². The Bertz CT molecular complexity index is 1410. The Hall–Kier alpha value is -3.59. The molecule has 34 heavy (non-hydrogen) atoms. The fourth-order valence-electron chi connectivity index (χ4n) is 4.12. The molecule has 2 aromatic heterocycles. The van der Waals surface area contributed by atoms with Crippen molar-refractivity contribution in [2.75, 3.05) is 19.4 Å². The average Bonchev–Trinajstić information content (AvgIpc) is 3.45. The molecule has 0 spiro atoms. The smallest absolute Gasteiger partial charge is 0.265 e. The van der Waals surface area contributed by atoms with Gasteiger partial charge in [0.1, 0.15) is 11.1 Å². The standard InChI is InChI=1S/C25H25N5O3S/c1-16-6-8-18(9-7-16)30-23-21(14-27-30)24(32)29-19(15-34-25(29)28-23)13-22(31)26-11-10-17-4-3-5-20(12-17)33-2/h3-9,12,14,19H,10-11,13,15H2,1-2H3,(H,26,31). The van der Waals surface area contributed by atoms with E-state index in [2.05, 4.69) is 10.4 Å². The molecule has 174 valence electrons. The van der Waals surface area contributed by atoms with Crippen molar-refractivity contribution in [3.8, 4) is 11.4 Å². The van der Waals surface area contributed by atoms with E-state index >= 15 is 0 Å². The molecular formula is C25H25N5O3S. The van der Waals surface area contributed by atoms with Crippen LogP contribution in [0.25, 0.3) is 16.7 Å². The minimum Gasteiger partial charge on any atom is -0.497 e. The number of hydrogen-bond acceptors (Lipinski definition) is 6. The third kappa shape index (κ3) is 4.31. The van der Waals surface area contributed by atoms with Crippen LogP contribution in [0, 0.1) is 6.92 Å². The molecule has 1 unspecified atom stereocenters. The van der Waals surface area contributed by atoms with Crippen molar-refractivity contribution in [1.29, 1.82) is 0 Å². The van der Waals surface area contributed by atoms with E-state index < -0.39 is 0 Å². The highest BCUT2D eigenvalue weighted by molar-refractivity contribution is 7.99. The molecular weight excluding hydrogens is 450 g/mol. The molecule has 0 saturated heterocycles. The van der Waals surface area contributed by atoms with Gasteiger partial charge in [0.2, 0.25) is 5.91 Å². The van der Waals surface area contributed by atoms with Crippen molar-refractivity contribution in [2.45, 2.75) is 31.0 Å². The normalized spacial score (nSPS) is 14.8. The molecule has 9 heteroatoms. The van der Waals surface area contributed by atoms with Crippen molar-refractivity contribution >= 4 is 28.7 Å². The summed E-state index contributed by atoms with van der Waals surface area (Å²) in [5, 5.41) is 8.46. The predicted molar refractivity (Wildman–Crippen MR) is 132 cm³/mol. The zero-order valence-corrected chi connectivity index (χ0v) is 19.8. The number of nitrogens with zero attached hydrogens (tertiary/aromatic N) is 4. The van der Waals surface area contributed by atoms with Crippen LogP contribution in [0.1, 0.15) is 23.6 Å². The molecule has 1 aliphatic heterocycles. The lowest BCUT2D eigenvalue weighted by atomic mass is 10.1. The topological polar surface area (TPSA) is 91.0 Å². The van der Waals surface area contributed by atoms with Gasteiger partial charge in [0.05, 0.1) is 25.0 Å². The highest BCUT2D eigenvalue weighted by Gasteiger charge is 2.29. The second-order valence-electron chi connectivity index (χ2n) is 8.32. The SMILES string of the molecule is COc1cccc(CCNC(=O)CC2CSc3nc4c(cnn4-c4ccc(C)cc4)c(=O)n32)c1. The fourth-order valence-corrected chi connectivity index (χ4v) is 5.25. The van der Waals surface area contributed by atoms with Crippen LogP contribution in [0.5, 0.6) is 5.75 Å². The van der Waals surface area contributed by atoms with Gasteiger partial charge in [-0.25, -0.2) is 9.67 Å². The minimum absolute atomic E-state index is 0.0799. The van der Waals surface area contributed by atoms with Gasteiger partial charge in [-0.15, -0.1) is 0 Å². The number of aromatic nitrogens is 4. The average molecular weight is 476 g/mol. The van der Waals surface area contributed by atoms with Crippen molar-refractivity contribution < 1.29 is 9.53 Å². The van der Waals surface area contributed by atoms with Gasteiger partial charge in [-0.2, -0.15) is 5.10 Å². The lowest BCUT2D eigenvalue weighted by molar-refractivity contribution is -0.121. The van der Waals surface area contributed by atoms with E-state index in [1.165, 1.54) is 11.8 Å². The van der Waals surface area contributed by atoms with Crippen molar-refractivity contribution in [1.82, 2.24) is 24.6 Å². The van der Waals surface area contributed by atoms with Gasteiger partial charge in [0, 0.05) is 18.7 Å². The number of rotatable bonds is 7. The van der Waals surface area contributed by atoms with Gasteiger partial charge in [-0.1, -0.05) is 41.6 Å². The second kappa shape index (κ2) is 9.34. The first-order valence-corrected chi connectivity index (χ1v) is 12.1. The molecule has 2 aromatic carbocycles. The quantitative estimate of drug-likeness (QED) is 0.413. The first-order chi connectivity index (χ1) is 16.5. The summed E-state index contributed by atoms with van der Waals surface area (Å²) in [6.07, 6.45) is 2.50. The number of thioether (sulfide) groups is 1. The van der Waals surface area contributed by atoms with Crippen molar-refractivity contribution in [3.05, 3.63) is 76.2 Å². The number of carbonyl (C=O) groups is 1. The predicted octanol–water partition coefficient (Wildman–Crippen LogP) is 3.30. The van der Waals surface area contributed by atoms with E-state index in [4.69, 9.17) is 9.72 Å². The van der Waals surface area contributed by atoms with Crippen LogP contribution in [0.4, 0.5) is 0 Å². The Morgan fingerprint density at radius 2 is 2.06 bits per heavy atom. The maximum absolute atomic E-state index is 13.3. The molecule has 1 N–H and O–H groups in total. The number of aryl methyl sites for hydroxylation is 1. The lowest BCUT2D eigenvalue weighted by Crippen LogP contribution is -2.31. The minimum atomic E-state index is -0.232.